The van der Waals surface area contributed by atoms with Crippen LogP contribution in [0.15, 0.2) is 35.7 Å². The summed E-state index contributed by atoms with van der Waals surface area (Å²) in [6, 6.07) is 8.90. The van der Waals surface area contributed by atoms with Crippen molar-refractivity contribution < 1.29 is 14.7 Å². The number of rotatable bonds is 5. The highest BCUT2D eigenvalue weighted by Gasteiger charge is 2.33. The highest BCUT2D eigenvalue weighted by atomic mass is 32.1. The Morgan fingerprint density at radius 1 is 1.32 bits per heavy atom. The van der Waals surface area contributed by atoms with Gasteiger partial charge in [0, 0.05) is 18.0 Å². The SMILES string of the molecule is CC(=O)c1cc(C(=O)N(Cc2cccc(O)c2)C2CC2)cs1. The molecule has 1 aliphatic carbocycles. The number of phenolic OH excluding ortho intramolecular Hbond substituents is 1. The molecule has 5 heteroatoms. The maximum absolute atomic E-state index is 12.7. The van der Waals surface area contributed by atoms with Crippen molar-refractivity contribution in [3.8, 4) is 5.75 Å². The number of Topliss-reactive ketones (excluding diaryl/α,β-unsaturated/α-hetero) is 1. The molecule has 1 amide bonds. The number of ketones is 1. The molecule has 0 aliphatic heterocycles. The Morgan fingerprint density at radius 2 is 2.09 bits per heavy atom. The van der Waals surface area contributed by atoms with E-state index in [1.165, 1.54) is 18.3 Å². The van der Waals surface area contributed by atoms with Crippen molar-refractivity contribution in [2.24, 2.45) is 0 Å². The van der Waals surface area contributed by atoms with E-state index in [2.05, 4.69) is 0 Å². The Morgan fingerprint density at radius 3 is 2.68 bits per heavy atom. The van der Waals surface area contributed by atoms with Crippen LogP contribution in [0.4, 0.5) is 0 Å². The molecule has 1 fully saturated rings. The van der Waals surface area contributed by atoms with Gasteiger partial charge in [0.15, 0.2) is 5.78 Å². The Hall–Kier alpha value is -2.14. The van der Waals surface area contributed by atoms with E-state index in [4.69, 9.17) is 0 Å². The summed E-state index contributed by atoms with van der Waals surface area (Å²) in [5.74, 6) is 0.139. The van der Waals surface area contributed by atoms with Crippen molar-refractivity contribution in [2.75, 3.05) is 0 Å². The van der Waals surface area contributed by atoms with Crippen LogP contribution in [0, 0.1) is 0 Å². The fourth-order valence-corrected chi connectivity index (χ4v) is 3.19. The van der Waals surface area contributed by atoms with Gasteiger partial charge in [-0.1, -0.05) is 12.1 Å². The summed E-state index contributed by atoms with van der Waals surface area (Å²) < 4.78 is 0. The topological polar surface area (TPSA) is 57.6 Å². The zero-order chi connectivity index (χ0) is 15.7. The number of nitrogens with zero attached hydrogens (tertiary/aromatic N) is 1. The van der Waals surface area contributed by atoms with E-state index in [9.17, 15) is 14.7 Å². The van der Waals surface area contributed by atoms with Crippen LogP contribution in [0.5, 0.6) is 5.75 Å². The third-order valence-corrected chi connectivity index (χ3v) is 4.74. The molecular weight excluding hydrogens is 298 g/mol. The first-order chi connectivity index (χ1) is 10.5. The summed E-state index contributed by atoms with van der Waals surface area (Å²) in [6.45, 7) is 1.98. The first-order valence-electron chi connectivity index (χ1n) is 7.23. The van der Waals surface area contributed by atoms with Crippen LogP contribution in [0.1, 0.15) is 45.4 Å². The van der Waals surface area contributed by atoms with E-state index in [0.29, 0.717) is 17.0 Å². The summed E-state index contributed by atoms with van der Waals surface area (Å²) in [4.78, 5) is 26.5. The first kappa shape index (κ1) is 14.8. The lowest BCUT2D eigenvalue weighted by molar-refractivity contribution is 0.0730. The van der Waals surface area contributed by atoms with Crippen LogP contribution in [0.25, 0.3) is 0 Å². The molecule has 22 heavy (non-hydrogen) atoms. The van der Waals surface area contributed by atoms with Crippen molar-refractivity contribution in [1.29, 1.82) is 0 Å². The molecule has 1 aliphatic rings. The van der Waals surface area contributed by atoms with Gasteiger partial charge in [0.05, 0.1) is 10.4 Å². The molecule has 0 bridgehead atoms. The fourth-order valence-electron chi connectivity index (χ4n) is 2.40. The van der Waals surface area contributed by atoms with Gasteiger partial charge in [-0.2, -0.15) is 0 Å². The van der Waals surface area contributed by atoms with Crippen molar-refractivity contribution >= 4 is 23.0 Å². The molecule has 1 saturated carbocycles. The van der Waals surface area contributed by atoms with E-state index >= 15 is 0 Å². The minimum atomic E-state index is -0.0467. The second kappa shape index (κ2) is 5.93. The molecular formula is C17H17NO3S. The number of aromatic hydroxyl groups is 1. The zero-order valence-corrected chi connectivity index (χ0v) is 13.1. The number of carbonyl (C=O) groups is 2. The summed E-state index contributed by atoms with van der Waals surface area (Å²) >= 11 is 1.31. The van der Waals surface area contributed by atoms with Crippen LogP contribution in [0.3, 0.4) is 0 Å². The number of thiophene rings is 1. The van der Waals surface area contributed by atoms with Gasteiger partial charge in [0.2, 0.25) is 0 Å². The maximum atomic E-state index is 12.7. The van der Waals surface area contributed by atoms with Gasteiger partial charge in [-0.25, -0.2) is 0 Å². The van der Waals surface area contributed by atoms with E-state index in [-0.39, 0.29) is 23.5 Å². The zero-order valence-electron chi connectivity index (χ0n) is 12.3. The molecule has 0 spiro atoms. The van der Waals surface area contributed by atoms with Crippen LogP contribution in [0.2, 0.25) is 0 Å². The molecule has 2 aromatic rings. The largest absolute Gasteiger partial charge is 0.508 e. The average Bonchev–Trinajstić information content (AvgIpc) is 3.19. The molecule has 1 aromatic heterocycles. The van der Waals surface area contributed by atoms with Gasteiger partial charge >= 0.3 is 0 Å². The summed E-state index contributed by atoms with van der Waals surface area (Å²) in [6.07, 6.45) is 2.02. The van der Waals surface area contributed by atoms with Crippen molar-refractivity contribution in [2.45, 2.75) is 32.4 Å². The molecule has 0 atom stereocenters. The Balaban J connectivity index is 1.81. The molecule has 1 N–H and O–H groups in total. The summed E-state index contributed by atoms with van der Waals surface area (Å²) in [5.41, 5.74) is 1.48. The number of benzene rings is 1. The van der Waals surface area contributed by atoms with Crippen LogP contribution in [-0.4, -0.2) is 27.7 Å². The number of hydrogen-bond acceptors (Lipinski definition) is 4. The number of carbonyl (C=O) groups excluding carboxylic acids is 2. The Labute approximate surface area is 133 Å². The monoisotopic (exact) mass is 315 g/mol. The molecule has 3 rings (SSSR count). The van der Waals surface area contributed by atoms with E-state index in [0.717, 1.165) is 18.4 Å². The third-order valence-electron chi connectivity index (χ3n) is 3.71. The minimum absolute atomic E-state index is 0.0185. The van der Waals surface area contributed by atoms with Crippen molar-refractivity contribution in [3.05, 3.63) is 51.7 Å². The van der Waals surface area contributed by atoms with Crippen LogP contribution < -0.4 is 0 Å². The third kappa shape index (κ3) is 3.20. The lowest BCUT2D eigenvalue weighted by Gasteiger charge is -2.22. The maximum Gasteiger partial charge on any atom is 0.255 e. The first-order valence-corrected chi connectivity index (χ1v) is 8.11. The predicted octanol–water partition coefficient (Wildman–Crippen LogP) is 3.46. The molecule has 1 heterocycles. The van der Waals surface area contributed by atoms with Gasteiger partial charge < -0.3 is 10.0 Å². The highest BCUT2D eigenvalue weighted by molar-refractivity contribution is 7.12. The van der Waals surface area contributed by atoms with E-state index in [1.807, 2.05) is 11.0 Å². The molecule has 0 unspecified atom stereocenters. The van der Waals surface area contributed by atoms with Crippen LogP contribution in [-0.2, 0) is 6.54 Å². The normalized spacial score (nSPS) is 13.9. The fraction of sp³-hybridized carbons (Fsp3) is 0.294. The van der Waals surface area contributed by atoms with E-state index < -0.39 is 0 Å². The van der Waals surface area contributed by atoms with Gasteiger partial charge in [-0.3, -0.25) is 9.59 Å². The standard InChI is InChI=1S/C17H17NO3S/c1-11(19)16-8-13(10-22-16)17(21)18(14-5-6-14)9-12-3-2-4-15(20)7-12/h2-4,7-8,10,14,20H,5-6,9H2,1H3. The van der Waals surface area contributed by atoms with Gasteiger partial charge in [-0.05, 0) is 43.5 Å². The smallest absolute Gasteiger partial charge is 0.255 e. The molecule has 0 saturated heterocycles. The highest BCUT2D eigenvalue weighted by Crippen LogP contribution is 2.31. The predicted molar refractivity (Wildman–Crippen MR) is 85.3 cm³/mol. The van der Waals surface area contributed by atoms with E-state index in [1.54, 1.807) is 29.6 Å². The van der Waals surface area contributed by atoms with Crippen molar-refractivity contribution in [1.82, 2.24) is 4.90 Å². The van der Waals surface area contributed by atoms with Gasteiger partial charge in [0.25, 0.3) is 5.91 Å². The van der Waals surface area contributed by atoms with Crippen molar-refractivity contribution in [3.63, 3.8) is 0 Å². The number of amides is 1. The molecule has 114 valence electrons. The quantitative estimate of drug-likeness (QED) is 0.860. The van der Waals surface area contributed by atoms with Gasteiger partial charge in [0.1, 0.15) is 5.75 Å². The minimum Gasteiger partial charge on any atom is -0.508 e. The number of hydrogen-bond donors (Lipinski definition) is 1. The average molecular weight is 315 g/mol. The number of phenols is 1. The lowest BCUT2D eigenvalue weighted by Crippen LogP contribution is -2.32. The second-order valence-corrected chi connectivity index (χ2v) is 6.50. The molecule has 4 nitrogen and oxygen atoms in total. The molecule has 0 radical (unpaired) electrons. The summed E-state index contributed by atoms with van der Waals surface area (Å²) in [5, 5.41) is 11.3. The van der Waals surface area contributed by atoms with Gasteiger partial charge in [-0.15, -0.1) is 11.3 Å². The Bertz CT molecular complexity index is 718. The lowest BCUT2D eigenvalue weighted by atomic mass is 10.1. The molecule has 1 aromatic carbocycles. The Kier molecular flexibility index (Phi) is 3.98. The van der Waals surface area contributed by atoms with Crippen LogP contribution >= 0.6 is 11.3 Å². The second-order valence-electron chi connectivity index (χ2n) is 5.59. The summed E-state index contributed by atoms with van der Waals surface area (Å²) in [7, 11) is 0.